The summed E-state index contributed by atoms with van der Waals surface area (Å²) in [5.74, 6) is -0.0870. The molecule has 2 atom stereocenters. The summed E-state index contributed by atoms with van der Waals surface area (Å²) < 4.78 is 40.1. The van der Waals surface area contributed by atoms with Crippen molar-refractivity contribution in [2.75, 3.05) is 25.1 Å². The van der Waals surface area contributed by atoms with E-state index < -0.39 is 28.5 Å². The normalized spacial score (nSPS) is 12.6. The lowest BCUT2D eigenvalue weighted by molar-refractivity contribution is -0.140. The molecule has 3 rings (SSSR count). The summed E-state index contributed by atoms with van der Waals surface area (Å²) in [5, 5.41) is 3.23. The first kappa shape index (κ1) is 33.7. The van der Waals surface area contributed by atoms with E-state index in [1.54, 1.807) is 49.6 Å². The smallest absolute Gasteiger partial charge is 0.264 e. The first-order valence-corrected chi connectivity index (χ1v) is 15.9. The van der Waals surface area contributed by atoms with Crippen molar-refractivity contribution in [3.8, 4) is 11.5 Å². The zero-order valence-electron chi connectivity index (χ0n) is 25.5. The second-order valence-corrected chi connectivity index (χ2v) is 12.6. The maximum atomic E-state index is 14.3. The van der Waals surface area contributed by atoms with Gasteiger partial charge >= 0.3 is 0 Å². The Hall–Kier alpha value is -3.76. The van der Waals surface area contributed by atoms with Gasteiger partial charge in [0.05, 0.1) is 24.8 Å². The number of hydrogen-bond donors (Lipinski definition) is 1. The lowest BCUT2D eigenvalue weighted by atomic mass is 10.1. The molecule has 0 spiro atoms. The minimum Gasteiger partial charge on any atom is -0.497 e. The van der Waals surface area contributed by atoms with Crippen LogP contribution in [0.5, 0.6) is 11.5 Å². The molecular formula is C32H40ClN3O6S. The van der Waals surface area contributed by atoms with Gasteiger partial charge in [-0.05, 0) is 74.7 Å². The molecule has 0 fully saturated rings. The molecule has 9 nitrogen and oxygen atoms in total. The van der Waals surface area contributed by atoms with Gasteiger partial charge in [0.15, 0.2) is 0 Å². The molecule has 2 amide bonds. The summed E-state index contributed by atoms with van der Waals surface area (Å²) >= 11 is 6.31. The van der Waals surface area contributed by atoms with Crippen LogP contribution < -0.4 is 19.1 Å². The average Bonchev–Trinajstić information content (AvgIpc) is 2.99. The molecule has 11 heteroatoms. The molecule has 0 heterocycles. The molecule has 0 aliphatic heterocycles. The van der Waals surface area contributed by atoms with Crippen LogP contribution in [-0.4, -0.2) is 58.0 Å². The highest BCUT2D eigenvalue weighted by Gasteiger charge is 2.35. The molecule has 3 aromatic carbocycles. The van der Waals surface area contributed by atoms with E-state index in [1.807, 2.05) is 33.8 Å². The van der Waals surface area contributed by atoms with Crippen molar-refractivity contribution in [3.63, 3.8) is 0 Å². The average molecular weight is 630 g/mol. The topological polar surface area (TPSA) is 105 Å². The summed E-state index contributed by atoms with van der Waals surface area (Å²) in [6, 6.07) is 17.1. The molecule has 0 aromatic heterocycles. The largest absolute Gasteiger partial charge is 0.497 e. The van der Waals surface area contributed by atoms with Crippen LogP contribution in [0.4, 0.5) is 5.69 Å². The van der Waals surface area contributed by atoms with Crippen LogP contribution in [-0.2, 0) is 26.2 Å². The van der Waals surface area contributed by atoms with Crippen molar-refractivity contribution < 1.29 is 27.5 Å². The zero-order valence-corrected chi connectivity index (χ0v) is 27.0. The van der Waals surface area contributed by atoms with Crippen molar-refractivity contribution in [3.05, 3.63) is 82.9 Å². The number of ether oxygens (including phenoxy) is 2. The van der Waals surface area contributed by atoms with E-state index in [0.29, 0.717) is 18.6 Å². The molecule has 0 saturated heterocycles. The minimum absolute atomic E-state index is 0.00571. The van der Waals surface area contributed by atoms with Crippen molar-refractivity contribution in [1.29, 1.82) is 0 Å². The fraction of sp³-hybridized carbons (Fsp3) is 0.375. The first-order valence-electron chi connectivity index (χ1n) is 14.1. The van der Waals surface area contributed by atoms with Gasteiger partial charge in [-0.3, -0.25) is 13.9 Å². The molecule has 3 aromatic rings. The Morgan fingerprint density at radius 1 is 0.953 bits per heavy atom. The molecule has 0 radical (unpaired) electrons. The third-order valence-electron chi connectivity index (χ3n) is 7.17. The standard InChI is InChI=1S/C32H40ClN3O6S/c1-7-23(4)34-32(38)28(8-2)35(20-24-10-9-11-26(18-24)41-5)31(37)21-36(29-19-25(33)14-17-30(29)42-6)43(39,40)27-15-12-22(3)13-16-27/h9-19,23,28H,7-8,20-21H2,1-6H3,(H,34,38)/t23-,28-/m1/s1. The number of anilines is 1. The fourth-order valence-electron chi connectivity index (χ4n) is 4.54. The maximum absolute atomic E-state index is 14.3. The van der Waals surface area contributed by atoms with Gasteiger partial charge < -0.3 is 19.7 Å². The van der Waals surface area contributed by atoms with Gasteiger partial charge in [-0.25, -0.2) is 8.42 Å². The fourth-order valence-corrected chi connectivity index (χ4v) is 6.12. The number of carbonyl (C=O) groups excluding carboxylic acids is 2. The Bertz CT molecular complexity index is 1510. The number of methoxy groups -OCH3 is 2. The van der Waals surface area contributed by atoms with Gasteiger partial charge in [-0.15, -0.1) is 0 Å². The predicted molar refractivity (Wildman–Crippen MR) is 169 cm³/mol. The molecule has 43 heavy (non-hydrogen) atoms. The Labute approximate surface area is 259 Å². The molecule has 232 valence electrons. The molecule has 0 aliphatic rings. The van der Waals surface area contributed by atoms with Crippen LogP contribution in [0, 0.1) is 6.92 Å². The van der Waals surface area contributed by atoms with Gasteiger partial charge in [-0.1, -0.05) is 55.3 Å². The number of amides is 2. The molecule has 0 saturated carbocycles. The van der Waals surface area contributed by atoms with Gasteiger partial charge in [0.1, 0.15) is 24.1 Å². The third-order valence-corrected chi connectivity index (χ3v) is 9.18. The Morgan fingerprint density at radius 2 is 1.65 bits per heavy atom. The zero-order chi connectivity index (χ0) is 31.7. The summed E-state index contributed by atoms with van der Waals surface area (Å²) in [7, 11) is -1.33. The van der Waals surface area contributed by atoms with E-state index in [9.17, 15) is 18.0 Å². The van der Waals surface area contributed by atoms with Crippen LogP contribution in [0.25, 0.3) is 0 Å². The Morgan fingerprint density at radius 3 is 2.26 bits per heavy atom. The van der Waals surface area contributed by atoms with Crippen LogP contribution >= 0.6 is 11.6 Å². The maximum Gasteiger partial charge on any atom is 0.264 e. The van der Waals surface area contributed by atoms with Gasteiger partial charge in [-0.2, -0.15) is 0 Å². The summed E-state index contributed by atoms with van der Waals surface area (Å²) in [4.78, 5) is 29.2. The van der Waals surface area contributed by atoms with Crippen LogP contribution in [0.15, 0.2) is 71.6 Å². The van der Waals surface area contributed by atoms with Gasteiger partial charge in [0.2, 0.25) is 11.8 Å². The van der Waals surface area contributed by atoms with E-state index in [1.165, 1.54) is 30.2 Å². The van der Waals surface area contributed by atoms with E-state index in [-0.39, 0.29) is 39.8 Å². The summed E-state index contributed by atoms with van der Waals surface area (Å²) in [5.41, 5.74) is 1.70. The van der Waals surface area contributed by atoms with Crippen molar-refractivity contribution in [2.45, 2.75) is 64.1 Å². The highest BCUT2D eigenvalue weighted by atomic mass is 35.5. The SMILES string of the molecule is CC[C@@H](C)NC(=O)[C@@H](CC)N(Cc1cccc(OC)c1)C(=O)CN(c1cc(Cl)ccc1OC)S(=O)(=O)c1ccc(C)cc1. The van der Waals surface area contributed by atoms with E-state index in [4.69, 9.17) is 21.1 Å². The molecule has 1 N–H and O–H groups in total. The molecule has 0 bridgehead atoms. The Balaban J connectivity index is 2.14. The van der Waals surface area contributed by atoms with Crippen LogP contribution in [0.2, 0.25) is 5.02 Å². The Kier molecular flexibility index (Phi) is 11.9. The van der Waals surface area contributed by atoms with Crippen molar-refractivity contribution in [1.82, 2.24) is 10.2 Å². The van der Waals surface area contributed by atoms with E-state index >= 15 is 0 Å². The monoisotopic (exact) mass is 629 g/mol. The van der Waals surface area contributed by atoms with Crippen LogP contribution in [0.3, 0.4) is 0 Å². The lowest BCUT2D eigenvalue weighted by Gasteiger charge is -2.34. The molecule has 0 unspecified atom stereocenters. The lowest BCUT2D eigenvalue weighted by Crippen LogP contribution is -2.53. The second kappa shape index (κ2) is 15.1. The quantitative estimate of drug-likeness (QED) is 0.250. The number of nitrogens with one attached hydrogen (secondary N) is 1. The molecular weight excluding hydrogens is 590 g/mol. The number of benzene rings is 3. The predicted octanol–water partition coefficient (Wildman–Crippen LogP) is 5.58. The number of hydrogen-bond acceptors (Lipinski definition) is 6. The second-order valence-electron chi connectivity index (χ2n) is 10.3. The number of carbonyl (C=O) groups is 2. The van der Waals surface area contributed by atoms with Gasteiger partial charge in [0.25, 0.3) is 10.0 Å². The summed E-state index contributed by atoms with van der Waals surface area (Å²) in [6.45, 7) is 6.95. The van der Waals surface area contributed by atoms with Crippen molar-refractivity contribution in [2.24, 2.45) is 0 Å². The number of sulfonamides is 1. The number of aryl methyl sites for hydroxylation is 1. The molecule has 0 aliphatic carbocycles. The van der Waals surface area contributed by atoms with Crippen molar-refractivity contribution >= 4 is 39.1 Å². The number of rotatable bonds is 14. The number of halogens is 1. The highest BCUT2D eigenvalue weighted by Crippen LogP contribution is 2.35. The minimum atomic E-state index is -4.28. The first-order chi connectivity index (χ1) is 20.4. The third kappa shape index (κ3) is 8.42. The van der Waals surface area contributed by atoms with E-state index in [2.05, 4.69) is 5.32 Å². The number of nitrogens with zero attached hydrogens (tertiary/aromatic N) is 2. The summed E-state index contributed by atoms with van der Waals surface area (Å²) in [6.07, 6.45) is 1.02. The van der Waals surface area contributed by atoms with Crippen LogP contribution in [0.1, 0.15) is 44.7 Å². The van der Waals surface area contributed by atoms with Gasteiger partial charge in [0, 0.05) is 17.6 Å². The van der Waals surface area contributed by atoms with E-state index in [0.717, 1.165) is 15.4 Å². The highest BCUT2D eigenvalue weighted by molar-refractivity contribution is 7.92.